The molecular weight excluding hydrogens is 263 g/mol. The molecule has 0 bridgehead atoms. The van der Waals surface area contributed by atoms with Gasteiger partial charge in [0.25, 0.3) is 0 Å². The highest BCUT2D eigenvalue weighted by molar-refractivity contribution is 5.91. The maximum absolute atomic E-state index is 13.4. The number of aromatic nitrogens is 1. The summed E-state index contributed by atoms with van der Waals surface area (Å²) in [6.45, 7) is 0.833. The summed E-state index contributed by atoms with van der Waals surface area (Å²) in [5.74, 6) is 1.05. The van der Waals surface area contributed by atoms with E-state index >= 15 is 0 Å². The van der Waals surface area contributed by atoms with E-state index in [1.165, 1.54) is 17.2 Å². The van der Waals surface area contributed by atoms with Gasteiger partial charge in [0, 0.05) is 24.0 Å². The zero-order valence-electron chi connectivity index (χ0n) is 11.5. The molecule has 1 aliphatic rings. The molecule has 1 unspecified atom stereocenters. The fourth-order valence-corrected chi connectivity index (χ4v) is 3.05. The second-order valence-electron chi connectivity index (χ2n) is 5.51. The van der Waals surface area contributed by atoms with Crippen LogP contribution in [0.15, 0.2) is 54.7 Å². The Bertz CT molecular complexity index is 813. The van der Waals surface area contributed by atoms with E-state index in [9.17, 15) is 4.39 Å². The monoisotopic (exact) mass is 278 g/mol. The number of pyridine rings is 1. The van der Waals surface area contributed by atoms with E-state index < -0.39 is 0 Å². The van der Waals surface area contributed by atoms with E-state index in [1.807, 2.05) is 6.07 Å². The average molecular weight is 278 g/mol. The molecule has 2 nitrogen and oxygen atoms in total. The molecule has 21 heavy (non-hydrogen) atoms. The number of hydrogen-bond donors (Lipinski definition) is 1. The normalized spacial score (nSPS) is 16.3. The summed E-state index contributed by atoms with van der Waals surface area (Å²) in [5.41, 5.74) is 2.85. The van der Waals surface area contributed by atoms with Crippen LogP contribution < -0.4 is 5.32 Å². The van der Waals surface area contributed by atoms with E-state index in [-0.39, 0.29) is 5.82 Å². The van der Waals surface area contributed by atoms with Crippen LogP contribution in [0.3, 0.4) is 0 Å². The van der Waals surface area contributed by atoms with Gasteiger partial charge in [-0.15, -0.1) is 0 Å². The fourth-order valence-electron chi connectivity index (χ4n) is 3.05. The molecule has 0 aliphatic heterocycles. The van der Waals surface area contributed by atoms with Crippen molar-refractivity contribution in [2.24, 2.45) is 0 Å². The zero-order chi connectivity index (χ0) is 14.2. The Kier molecular flexibility index (Phi) is 2.85. The van der Waals surface area contributed by atoms with Crippen molar-refractivity contribution in [1.82, 2.24) is 4.98 Å². The lowest BCUT2D eigenvalue weighted by Gasteiger charge is -2.30. The van der Waals surface area contributed by atoms with E-state index in [2.05, 4.69) is 34.6 Å². The molecule has 3 heteroatoms. The Balaban J connectivity index is 1.57. The molecule has 0 fully saturated rings. The van der Waals surface area contributed by atoms with E-state index in [4.69, 9.17) is 0 Å². The second-order valence-corrected chi connectivity index (χ2v) is 5.51. The van der Waals surface area contributed by atoms with Gasteiger partial charge in [-0.2, -0.15) is 0 Å². The first-order valence-electron chi connectivity index (χ1n) is 7.17. The number of halogens is 1. The first-order chi connectivity index (χ1) is 10.3. The fraction of sp³-hybridized carbons (Fsp3) is 0.167. The highest BCUT2D eigenvalue weighted by Gasteiger charge is 2.25. The van der Waals surface area contributed by atoms with Crippen LogP contribution in [0.2, 0.25) is 0 Å². The second kappa shape index (κ2) is 4.85. The van der Waals surface area contributed by atoms with E-state index in [0.29, 0.717) is 5.92 Å². The van der Waals surface area contributed by atoms with Crippen LogP contribution in [0.5, 0.6) is 0 Å². The molecule has 1 N–H and O–H groups in total. The molecule has 0 spiro atoms. The van der Waals surface area contributed by atoms with E-state index in [1.54, 1.807) is 18.3 Å². The Hall–Kier alpha value is -2.42. The number of benzene rings is 2. The maximum atomic E-state index is 13.4. The van der Waals surface area contributed by atoms with Crippen LogP contribution >= 0.6 is 0 Å². The molecule has 0 saturated heterocycles. The molecule has 0 saturated carbocycles. The van der Waals surface area contributed by atoms with Gasteiger partial charge in [-0.1, -0.05) is 30.3 Å². The molecule has 0 amide bonds. The number of nitrogens with one attached hydrogen (secondary N) is 1. The van der Waals surface area contributed by atoms with Crippen LogP contribution in [0.25, 0.3) is 10.8 Å². The van der Waals surface area contributed by atoms with Crippen molar-refractivity contribution >= 4 is 16.6 Å². The van der Waals surface area contributed by atoms with Crippen LogP contribution in [0.1, 0.15) is 17.0 Å². The van der Waals surface area contributed by atoms with Crippen LogP contribution in [-0.4, -0.2) is 11.5 Å². The Morgan fingerprint density at radius 1 is 1.14 bits per heavy atom. The van der Waals surface area contributed by atoms with Gasteiger partial charge < -0.3 is 5.32 Å². The van der Waals surface area contributed by atoms with Crippen molar-refractivity contribution in [1.29, 1.82) is 0 Å². The topological polar surface area (TPSA) is 24.9 Å². The molecule has 3 aromatic rings. The van der Waals surface area contributed by atoms with Crippen molar-refractivity contribution in [3.8, 4) is 0 Å². The SMILES string of the molecule is Fc1ccc2ccnc(NCC3Cc4ccccc43)c2c1. The largest absolute Gasteiger partial charge is 0.369 e. The van der Waals surface area contributed by atoms with Crippen molar-refractivity contribution < 1.29 is 4.39 Å². The first kappa shape index (κ1) is 12.3. The summed E-state index contributed by atoms with van der Waals surface area (Å²) >= 11 is 0. The third-order valence-electron chi connectivity index (χ3n) is 4.21. The standard InChI is InChI=1S/C18H15FN2/c19-15-6-5-12-7-8-20-18(17(12)10-15)21-11-14-9-13-3-1-2-4-16(13)14/h1-8,10,14H,9,11H2,(H,20,21). The Morgan fingerprint density at radius 3 is 2.95 bits per heavy atom. The van der Waals surface area contributed by atoms with Gasteiger partial charge in [0.05, 0.1) is 0 Å². The minimum absolute atomic E-state index is 0.229. The Morgan fingerprint density at radius 2 is 2.05 bits per heavy atom. The molecule has 1 aromatic heterocycles. The van der Waals surface area contributed by atoms with Gasteiger partial charge in [0.2, 0.25) is 0 Å². The zero-order valence-corrected chi connectivity index (χ0v) is 11.5. The molecule has 1 heterocycles. The number of fused-ring (bicyclic) bond motifs is 2. The highest BCUT2D eigenvalue weighted by Crippen LogP contribution is 2.35. The summed E-state index contributed by atoms with van der Waals surface area (Å²) in [4.78, 5) is 4.36. The molecule has 2 aromatic carbocycles. The van der Waals surface area contributed by atoms with Crippen LogP contribution in [-0.2, 0) is 6.42 Å². The molecule has 1 aliphatic carbocycles. The predicted molar refractivity (Wildman–Crippen MR) is 83.1 cm³/mol. The van der Waals surface area contributed by atoms with Gasteiger partial charge in [-0.05, 0) is 41.1 Å². The maximum Gasteiger partial charge on any atom is 0.133 e. The Labute approximate surface area is 122 Å². The smallest absolute Gasteiger partial charge is 0.133 e. The molecule has 0 radical (unpaired) electrons. The van der Waals surface area contributed by atoms with Crippen LogP contribution in [0.4, 0.5) is 10.2 Å². The molecular formula is C18H15FN2. The minimum Gasteiger partial charge on any atom is -0.369 e. The average Bonchev–Trinajstić information content (AvgIpc) is 2.48. The summed E-state index contributed by atoms with van der Waals surface area (Å²) in [7, 11) is 0. The summed E-state index contributed by atoms with van der Waals surface area (Å²) in [6.07, 6.45) is 2.86. The van der Waals surface area contributed by atoms with Gasteiger partial charge in [0.15, 0.2) is 0 Å². The van der Waals surface area contributed by atoms with Crippen molar-refractivity contribution in [3.05, 3.63) is 71.7 Å². The number of anilines is 1. The van der Waals surface area contributed by atoms with Crippen molar-refractivity contribution in [3.63, 3.8) is 0 Å². The number of rotatable bonds is 3. The molecule has 104 valence electrons. The first-order valence-corrected chi connectivity index (χ1v) is 7.17. The number of nitrogens with zero attached hydrogens (tertiary/aromatic N) is 1. The van der Waals surface area contributed by atoms with Gasteiger partial charge in [-0.25, -0.2) is 9.37 Å². The number of hydrogen-bond acceptors (Lipinski definition) is 2. The van der Waals surface area contributed by atoms with Crippen molar-refractivity contribution in [2.75, 3.05) is 11.9 Å². The van der Waals surface area contributed by atoms with E-state index in [0.717, 1.165) is 29.6 Å². The lowest BCUT2D eigenvalue weighted by Crippen LogP contribution is -2.24. The summed E-state index contributed by atoms with van der Waals surface area (Å²) < 4.78 is 13.4. The minimum atomic E-state index is -0.229. The van der Waals surface area contributed by atoms with Gasteiger partial charge in [0.1, 0.15) is 11.6 Å². The highest BCUT2D eigenvalue weighted by atomic mass is 19.1. The van der Waals surface area contributed by atoms with Gasteiger partial charge >= 0.3 is 0 Å². The lowest BCUT2D eigenvalue weighted by molar-refractivity contribution is 0.629. The summed E-state index contributed by atoms with van der Waals surface area (Å²) in [6, 6.07) is 15.2. The molecule has 1 atom stereocenters. The van der Waals surface area contributed by atoms with Crippen molar-refractivity contribution in [2.45, 2.75) is 12.3 Å². The third-order valence-corrected chi connectivity index (χ3v) is 4.21. The summed E-state index contributed by atoms with van der Waals surface area (Å²) in [5, 5.41) is 5.22. The molecule has 4 rings (SSSR count). The quantitative estimate of drug-likeness (QED) is 0.779. The lowest BCUT2D eigenvalue weighted by atomic mass is 9.77. The predicted octanol–water partition coefficient (Wildman–Crippen LogP) is 4.13. The van der Waals surface area contributed by atoms with Crippen LogP contribution in [0, 0.1) is 5.82 Å². The van der Waals surface area contributed by atoms with Gasteiger partial charge in [-0.3, -0.25) is 0 Å². The third kappa shape index (κ3) is 2.15.